The molecule has 0 unspecified atom stereocenters. The topological polar surface area (TPSA) is 69.6 Å². The predicted molar refractivity (Wildman–Crippen MR) is 67.0 cm³/mol. The zero-order valence-electron chi connectivity index (χ0n) is 10.8. The number of nitrogens with zero attached hydrogens (tertiary/aromatic N) is 1. The average Bonchev–Trinajstić information content (AvgIpc) is 2.55. The fourth-order valence-electron chi connectivity index (χ4n) is 3.11. The smallest absolute Gasteiger partial charge is 0.325 e. The number of urea groups is 1. The number of nitrogens with one attached hydrogen (secondary N) is 1. The van der Waals surface area contributed by atoms with Crippen molar-refractivity contribution in [2.75, 3.05) is 13.2 Å². The van der Waals surface area contributed by atoms with Crippen LogP contribution in [-0.2, 0) is 4.79 Å². The van der Waals surface area contributed by atoms with Crippen LogP contribution in [-0.4, -0.2) is 40.6 Å². The van der Waals surface area contributed by atoms with E-state index in [0.717, 1.165) is 44.9 Å². The van der Waals surface area contributed by atoms with Crippen LogP contribution in [0.1, 0.15) is 51.4 Å². The molecule has 2 fully saturated rings. The third-order valence-electron chi connectivity index (χ3n) is 4.13. The summed E-state index contributed by atoms with van der Waals surface area (Å²) in [6.07, 6.45) is 7.30. The molecule has 0 radical (unpaired) electrons. The maximum Gasteiger partial charge on any atom is 0.325 e. The molecule has 0 bridgehead atoms. The summed E-state index contributed by atoms with van der Waals surface area (Å²) in [6.45, 7) is 0.703. The van der Waals surface area contributed by atoms with Crippen LogP contribution >= 0.6 is 0 Å². The van der Waals surface area contributed by atoms with E-state index in [1.54, 1.807) is 4.90 Å². The molecule has 0 aromatic heterocycles. The Hall–Kier alpha value is -1.10. The molecule has 1 saturated heterocycles. The Bertz CT molecular complexity index is 322. The summed E-state index contributed by atoms with van der Waals surface area (Å²) in [5.41, 5.74) is -0.594. The lowest BCUT2D eigenvalue weighted by Crippen LogP contribution is -2.49. The summed E-state index contributed by atoms with van der Waals surface area (Å²) >= 11 is 0. The van der Waals surface area contributed by atoms with E-state index < -0.39 is 5.54 Å². The minimum absolute atomic E-state index is 0.113. The van der Waals surface area contributed by atoms with Gasteiger partial charge in [-0.05, 0) is 25.7 Å². The molecule has 5 heteroatoms. The lowest BCUT2D eigenvalue weighted by Gasteiger charge is -2.34. The molecule has 3 amide bonds. The van der Waals surface area contributed by atoms with Crippen LogP contribution in [0.5, 0.6) is 0 Å². The maximum absolute atomic E-state index is 12.1. The van der Waals surface area contributed by atoms with E-state index >= 15 is 0 Å². The molecule has 0 aromatic rings. The zero-order chi connectivity index (χ0) is 13.0. The standard InChI is InChI=1S/C13H22N2O3/c16-10-6-5-9-15-12(18)14-11(17)13(15)7-3-1-2-4-8-13/h16H,1-10H2,(H,14,17,18). The Morgan fingerprint density at radius 1 is 1.11 bits per heavy atom. The first-order chi connectivity index (χ1) is 8.70. The third kappa shape index (κ3) is 2.36. The summed E-state index contributed by atoms with van der Waals surface area (Å²) in [5.74, 6) is -0.113. The molecular formula is C13H22N2O3. The van der Waals surface area contributed by atoms with Gasteiger partial charge in [-0.1, -0.05) is 25.7 Å². The van der Waals surface area contributed by atoms with Gasteiger partial charge in [-0.2, -0.15) is 0 Å². The van der Waals surface area contributed by atoms with Gasteiger partial charge in [-0.15, -0.1) is 0 Å². The van der Waals surface area contributed by atoms with Crippen molar-refractivity contribution < 1.29 is 14.7 Å². The minimum atomic E-state index is -0.594. The third-order valence-corrected chi connectivity index (χ3v) is 4.13. The lowest BCUT2D eigenvalue weighted by atomic mass is 9.88. The first-order valence-electron chi connectivity index (χ1n) is 6.95. The number of hydrogen-bond donors (Lipinski definition) is 2. The Labute approximate surface area is 108 Å². The van der Waals surface area contributed by atoms with Gasteiger partial charge in [-0.3, -0.25) is 10.1 Å². The molecule has 0 atom stereocenters. The Balaban J connectivity index is 2.11. The van der Waals surface area contributed by atoms with Gasteiger partial charge in [0.25, 0.3) is 5.91 Å². The highest BCUT2D eigenvalue weighted by molar-refractivity contribution is 6.07. The van der Waals surface area contributed by atoms with Crippen LogP contribution in [0, 0.1) is 0 Å². The summed E-state index contributed by atoms with van der Waals surface area (Å²) in [7, 11) is 0. The van der Waals surface area contributed by atoms with Crippen LogP contribution in [0.4, 0.5) is 4.79 Å². The summed E-state index contributed by atoms with van der Waals surface area (Å²) in [6, 6.07) is -0.250. The first-order valence-corrected chi connectivity index (χ1v) is 6.95. The van der Waals surface area contributed by atoms with E-state index in [9.17, 15) is 9.59 Å². The van der Waals surface area contributed by atoms with Crippen molar-refractivity contribution in [2.45, 2.75) is 56.9 Å². The quantitative estimate of drug-likeness (QED) is 0.588. The Kier molecular flexibility index (Phi) is 4.22. The van der Waals surface area contributed by atoms with E-state index in [0.29, 0.717) is 13.0 Å². The molecule has 1 saturated carbocycles. The number of aliphatic hydroxyl groups excluding tert-OH is 1. The molecular weight excluding hydrogens is 232 g/mol. The molecule has 2 rings (SSSR count). The second kappa shape index (κ2) is 5.69. The van der Waals surface area contributed by atoms with Gasteiger partial charge in [0.2, 0.25) is 0 Å². The van der Waals surface area contributed by atoms with E-state index in [2.05, 4.69) is 5.32 Å². The SMILES string of the molecule is O=C1NC(=O)C2(CCCCCC2)N1CCCCO. The van der Waals surface area contributed by atoms with Gasteiger partial charge in [0, 0.05) is 13.2 Å². The Morgan fingerprint density at radius 3 is 2.39 bits per heavy atom. The number of amides is 3. The van der Waals surface area contributed by atoms with E-state index in [4.69, 9.17) is 5.11 Å². The number of hydrogen-bond acceptors (Lipinski definition) is 3. The van der Waals surface area contributed by atoms with Gasteiger partial charge >= 0.3 is 6.03 Å². The van der Waals surface area contributed by atoms with Crippen LogP contribution < -0.4 is 5.32 Å². The molecule has 2 aliphatic rings. The second-order valence-corrected chi connectivity index (χ2v) is 5.29. The summed E-state index contributed by atoms with van der Waals surface area (Å²) in [5, 5.41) is 11.3. The van der Waals surface area contributed by atoms with E-state index in [1.165, 1.54) is 0 Å². The monoisotopic (exact) mass is 254 g/mol. The second-order valence-electron chi connectivity index (χ2n) is 5.29. The highest BCUT2D eigenvalue weighted by Crippen LogP contribution is 2.36. The zero-order valence-corrected chi connectivity index (χ0v) is 10.8. The summed E-state index contributed by atoms with van der Waals surface area (Å²) in [4.78, 5) is 25.7. The predicted octanol–water partition coefficient (Wildman–Crippen LogP) is 1.40. The largest absolute Gasteiger partial charge is 0.396 e. The molecule has 102 valence electrons. The van der Waals surface area contributed by atoms with Crippen molar-refractivity contribution in [2.24, 2.45) is 0 Å². The van der Waals surface area contributed by atoms with Crippen LogP contribution in [0.25, 0.3) is 0 Å². The first kappa shape index (κ1) is 13.3. The van der Waals surface area contributed by atoms with Crippen molar-refractivity contribution in [3.05, 3.63) is 0 Å². The number of aliphatic hydroxyl groups is 1. The number of carbonyl (C=O) groups excluding carboxylic acids is 2. The van der Waals surface area contributed by atoms with E-state index in [1.807, 2.05) is 0 Å². The molecule has 18 heavy (non-hydrogen) atoms. The molecule has 2 N–H and O–H groups in total. The molecule has 1 heterocycles. The highest BCUT2D eigenvalue weighted by Gasteiger charge is 2.51. The number of unbranched alkanes of at least 4 members (excludes halogenated alkanes) is 1. The molecule has 5 nitrogen and oxygen atoms in total. The fraction of sp³-hybridized carbons (Fsp3) is 0.846. The number of imide groups is 1. The van der Waals surface area contributed by atoms with Crippen molar-refractivity contribution in [3.8, 4) is 0 Å². The molecule has 0 aromatic carbocycles. The molecule has 1 aliphatic heterocycles. The number of carbonyl (C=O) groups is 2. The van der Waals surface area contributed by atoms with Gasteiger partial charge < -0.3 is 10.0 Å². The van der Waals surface area contributed by atoms with Gasteiger partial charge in [-0.25, -0.2) is 4.79 Å². The fourth-order valence-corrected chi connectivity index (χ4v) is 3.11. The minimum Gasteiger partial charge on any atom is -0.396 e. The van der Waals surface area contributed by atoms with Crippen LogP contribution in [0.3, 0.4) is 0 Å². The van der Waals surface area contributed by atoms with Crippen molar-refractivity contribution >= 4 is 11.9 Å². The van der Waals surface area contributed by atoms with Crippen molar-refractivity contribution in [1.82, 2.24) is 10.2 Å². The van der Waals surface area contributed by atoms with E-state index in [-0.39, 0.29) is 18.5 Å². The number of rotatable bonds is 4. The van der Waals surface area contributed by atoms with Gasteiger partial charge in [0.1, 0.15) is 5.54 Å². The van der Waals surface area contributed by atoms with Gasteiger partial charge in [0.05, 0.1) is 0 Å². The maximum atomic E-state index is 12.1. The van der Waals surface area contributed by atoms with Crippen molar-refractivity contribution in [1.29, 1.82) is 0 Å². The van der Waals surface area contributed by atoms with Crippen LogP contribution in [0.2, 0.25) is 0 Å². The highest BCUT2D eigenvalue weighted by atomic mass is 16.3. The normalized spacial score (nSPS) is 23.3. The summed E-state index contributed by atoms with van der Waals surface area (Å²) < 4.78 is 0. The average molecular weight is 254 g/mol. The Morgan fingerprint density at radius 2 is 1.78 bits per heavy atom. The molecule has 1 aliphatic carbocycles. The molecule has 1 spiro atoms. The van der Waals surface area contributed by atoms with Crippen LogP contribution in [0.15, 0.2) is 0 Å². The van der Waals surface area contributed by atoms with Gasteiger partial charge in [0.15, 0.2) is 0 Å². The van der Waals surface area contributed by atoms with Crippen molar-refractivity contribution in [3.63, 3.8) is 0 Å². The lowest BCUT2D eigenvalue weighted by molar-refractivity contribution is -0.127.